The van der Waals surface area contributed by atoms with Gasteiger partial charge in [0.2, 0.25) is 0 Å². The topological polar surface area (TPSA) is 12.9 Å². The van der Waals surface area contributed by atoms with Crippen molar-refractivity contribution in [3.63, 3.8) is 0 Å². The molecule has 0 saturated heterocycles. The van der Waals surface area contributed by atoms with Gasteiger partial charge in [0.15, 0.2) is 0 Å². The zero-order chi connectivity index (χ0) is 19.2. The number of rotatable bonds is 2. The summed E-state index contributed by atoms with van der Waals surface area (Å²) in [5, 5.41) is 1.12. The number of hydrogen-bond donors (Lipinski definition) is 0. The molecule has 0 N–H and O–H groups in total. The number of aryl methyl sites for hydroxylation is 1. The van der Waals surface area contributed by atoms with E-state index in [0.29, 0.717) is 0 Å². The van der Waals surface area contributed by atoms with Crippen LogP contribution >= 0.6 is 11.3 Å². The number of halogens is 1. The van der Waals surface area contributed by atoms with Crippen LogP contribution in [0.1, 0.15) is 31.9 Å². The lowest BCUT2D eigenvalue weighted by atomic mass is 9.85. The molecule has 27 heavy (non-hydrogen) atoms. The molecule has 0 radical (unpaired) electrons. The molecular weight excluding hydrogens is 353 g/mol. The summed E-state index contributed by atoms with van der Waals surface area (Å²) in [7, 11) is 0. The zero-order valence-electron chi connectivity index (χ0n) is 16.0. The van der Waals surface area contributed by atoms with E-state index in [9.17, 15) is 4.39 Å². The number of fused-ring (bicyclic) bond motifs is 1. The van der Waals surface area contributed by atoms with Gasteiger partial charge in [0.1, 0.15) is 10.6 Å². The van der Waals surface area contributed by atoms with Crippen LogP contribution in [-0.2, 0) is 5.41 Å². The van der Waals surface area contributed by atoms with Crippen molar-refractivity contribution >= 4 is 21.6 Å². The minimum absolute atomic E-state index is 0.101. The van der Waals surface area contributed by atoms with Crippen LogP contribution in [0.25, 0.3) is 31.9 Å². The molecule has 0 fully saturated rings. The smallest absolute Gasteiger partial charge is 0.124 e. The molecule has 2 aromatic heterocycles. The lowest BCUT2D eigenvalue weighted by Crippen LogP contribution is -2.11. The number of benzene rings is 2. The Kier molecular flexibility index (Phi) is 4.35. The normalized spacial score (nSPS) is 11.9. The van der Waals surface area contributed by atoms with Crippen LogP contribution in [0.15, 0.2) is 60.7 Å². The number of aromatic nitrogens is 1. The van der Waals surface area contributed by atoms with Crippen LogP contribution in [-0.4, -0.2) is 4.98 Å². The summed E-state index contributed by atoms with van der Waals surface area (Å²) in [6.45, 7) is 8.83. The van der Waals surface area contributed by atoms with Crippen molar-refractivity contribution in [2.24, 2.45) is 0 Å². The lowest BCUT2D eigenvalue weighted by molar-refractivity contribution is 0.590. The highest BCUT2D eigenvalue weighted by atomic mass is 32.1. The first-order valence-electron chi connectivity index (χ1n) is 9.09. The molecule has 0 amide bonds. The van der Waals surface area contributed by atoms with Crippen LogP contribution < -0.4 is 0 Å². The Bertz CT molecular complexity index is 1120. The summed E-state index contributed by atoms with van der Waals surface area (Å²) in [4.78, 5) is 7.03. The quantitative estimate of drug-likeness (QED) is 0.356. The van der Waals surface area contributed by atoms with Gasteiger partial charge in [-0.15, -0.1) is 11.3 Å². The average Bonchev–Trinajstić information content (AvgIpc) is 3.04. The van der Waals surface area contributed by atoms with Crippen LogP contribution in [0.3, 0.4) is 0 Å². The van der Waals surface area contributed by atoms with Crippen molar-refractivity contribution in [1.82, 2.24) is 4.98 Å². The molecule has 136 valence electrons. The van der Waals surface area contributed by atoms with Crippen molar-refractivity contribution in [2.75, 3.05) is 0 Å². The summed E-state index contributed by atoms with van der Waals surface area (Å²) < 4.78 is 13.2. The average molecular weight is 376 g/mol. The summed E-state index contributed by atoms with van der Waals surface area (Å²) in [5.41, 5.74) is 5.83. The zero-order valence-corrected chi connectivity index (χ0v) is 16.8. The van der Waals surface area contributed by atoms with E-state index in [1.807, 2.05) is 12.1 Å². The predicted octanol–water partition coefficient (Wildman–Crippen LogP) is 7.38. The number of pyridine rings is 1. The predicted molar refractivity (Wildman–Crippen MR) is 114 cm³/mol. The Hall–Kier alpha value is -2.52. The van der Waals surface area contributed by atoms with Crippen molar-refractivity contribution < 1.29 is 4.39 Å². The van der Waals surface area contributed by atoms with Gasteiger partial charge >= 0.3 is 0 Å². The number of nitrogens with zero attached hydrogens (tertiary/aromatic N) is 1. The van der Waals surface area contributed by atoms with Gasteiger partial charge < -0.3 is 0 Å². The lowest BCUT2D eigenvalue weighted by Gasteiger charge is -2.20. The second kappa shape index (κ2) is 6.58. The van der Waals surface area contributed by atoms with E-state index in [1.54, 1.807) is 11.3 Å². The first-order chi connectivity index (χ1) is 12.8. The third-order valence-electron chi connectivity index (χ3n) is 4.75. The maximum Gasteiger partial charge on any atom is 0.124 e. The fraction of sp³-hybridized carbons (Fsp3) is 0.208. The fourth-order valence-electron chi connectivity index (χ4n) is 3.20. The molecule has 0 aliphatic rings. The SMILES string of the molecule is Cc1cc(-c2ccc3cc(-c4ccc(F)cc4)sc3n2)cc(C(C)(C)C)c1. The maximum absolute atomic E-state index is 13.2. The maximum atomic E-state index is 13.2. The van der Waals surface area contributed by atoms with Gasteiger partial charge in [-0.25, -0.2) is 9.37 Å². The van der Waals surface area contributed by atoms with Crippen LogP contribution in [0.5, 0.6) is 0 Å². The van der Waals surface area contributed by atoms with Gasteiger partial charge in [-0.3, -0.25) is 0 Å². The van der Waals surface area contributed by atoms with Gasteiger partial charge in [-0.2, -0.15) is 0 Å². The summed E-state index contributed by atoms with van der Waals surface area (Å²) >= 11 is 1.65. The van der Waals surface area contributed by atoms with Gasteiger partial charge in [0.05, 0.1) is 5.69 Å². The summed E-state index contributed by atoms with van der Waals surface area (Å²) in [6.07, 6.45) is 0. The van der Waals surface area contributed by atoms with E-state index in [1.165, 1.54) is 23.3 Å². The number of thiophene rings is 1. The molecule has 0 atom stereocenters. The molecule has 2 heterocycles. The molecule has 0 saturated carbocycles. The molecular formula is C24H22FNS. The molecule has 1 nitrogen and oxygen atoms in total. The van der Waals surface area contributed by atoms with Crippen LogP contribution in [0, 0.1) is 12.7 Å². The Morgan fingerprint density at radius 1 is 0.852 bits per heavy atom. The van der Waals surface area contributed by atoms with E-state index in [0.717, 1.165) is 31.9 Å². The van der Waals surface area contributed by atoms with E-state index >= 15 is 0 Å². The fourth-order valence-corrected chi connectivity index (χ4v) is 4.24. The summed E-state index contributed by atoms with van der Waals surface area (Å²) in [5.74, 6) is -0.214. The molecule has 2 aromatic carbocycles. The monoisotopic (exact) mass is 375 g/mol. The molecule has 4 rings (SSSR count). The first kappa shape index (κ1) is 17.9. The highest BCUT2D eigenvalue weighted by Crippen LogP contribution is 2.35. The highest BCUT2D eigenvalue weighted by Gasteiger charge is 2.16. The molecule has 0 spiro atoms. The van der Waals surface area contributed by atoms with Crippen molar-refractivity contribution in [3.05, 3.63) is 77.6 Å². The minimum Gasteiger partial charge on any atom is -0.237 e. The van der Waals surface area contributed by atoms with E-state index < -0.39 is 0 Å². The standard InChI is InChI=1S/C24H22FNS/c1-15-11-18(13-19(12-15)24(2,3)4)21-10-7-17-14-22(27-23(17)26-21)16-5-8-20(25)9-6-16/h5-14H,1-4H3. The minimum atomic E-state index is -0.214. The van der Waals surface area contributed by atoms with Gasteiger partial charge in [-0.05, 0) is 65.9 Å². The van der Waals surface area contributed by atoms with Gasteiger partial charge in [0.25, 0.3) is 0 Å². The largest absolute Gasteiger partial charge is 0.237 e. The van der Waals surface area contributed by atoms with Crippen LogP contribution in [0.2, 0.25) is 0 Å². The second-order valence-electron chi connectivity index (χ2n) is 8.05. The number of hydrogen-bond acceptors (Lipinski definition) is 2. The Balaban J connectivity index is 1.78. The third kappa shape index (κ3) is 3.65. The van der Waals surface area contributed by atoms with E-state index in [4.69, 9.17) is 4.98 Å². The van der Waals surface area contributed by atoms with E-state index in [-0.39, 0.29) is 11.2 Å². The third-order valence-corrected chi connectivity index (χ3v) is 5.84. The molecule has 0 aliphatic carbocycles. The van der Waals surface area contributed by atoms with E-state index in [2.05, 4.69) is 64.1 Å². The van der Waals surface area contributed by atoms with Crippen molar-refractivity contribution in [3.8, 4) is 21.7 Å². The Labute approximate surface area is 163 Å². The first-order valence-corrected chi connectivity index (χ1v) is 9.90. The molecule has 0 unspecified atom stereocenters. The molecule has 0 aliphatic heterocycles. The Morgan fingerprint density at radius 3 is 2.30 bits per heavy atom. The van der Waals surface area contributed by atoms with Gasteiger partial charge in [0, 0.05) is 15.8 Å². The van der Waals surface area contributed by atoms with Crippen LogP contribution in [0.4, 0.5) is 4.39 Å². The van der Waals surface area contributed by atoms with Crippen molar-refractivity contribution in [2.45, 2.75) is 33.1 Å². The summed E-state index contributed by atoms with van der Waals surface area (Å²) in [6, 6.07) is 19.7. The van der Waals surface area contributed by atoms with Crippen molar-refractivity contribution in [1.29, 1.82) is 0 Å². The molecule has 4 aromatic rings. The second-order valence-corrected chi connectivity index (χ2v) is 9.08. The Morgan fingerprint density at radius 2 is 1.59 bits per heavy atom. The molecule has 0 bridgehead atoms. The molecule has 3 heteroatoms. The van der Waals surface area contributed by atoms with Gasteiger partial charge in [-0.1, -0.05) is 44.5 Å². The highest BCUT2D eigenvalue weighted by molar-refractivity contribution is 7.21.